The summed E-state index contributed by atoms with van der Waals surface area (Å²) in [6.07, 6.45) is 0. The summed E-state index contributed by atoms with van der Waals surface area (Å²) in [7, 11) is 0. The summed E-state index contributed by atoms with van der Waals surface area (Å²) in [5, 5.41) is 9.18. The van der Waals surface area contributed by atoms with Crippen LogP contribution in [0.4, 0.5) is 10.1 Å². The average Bonchev–Trinajstić information content (AvgIpc) is 2.48. The lowest BCUT2D eigenvalue weighted by atomic mass is 10.3. The molecule has 1 saturated heterocycles. The van der Waals surface area contributed by atoms with E-state index in [1.165, 1.54) is 23.1 Å². The third kappa shape index (κ3) is 1.60. The van der Waals surface area contributed by atoms with Crippen LogP contribution < -0.4 is 4.90 Å². The van der Waals surface area contributed by atoms with Crippen molar-refractivity contribution in [3.8, 4) is 0 Å². The molecule has 1 aliphatic rings. The second kappa shape index (κ2) is 3.59. The molecular formula is C9H8FNO2S. The zero-order valence-corrected chi connectivity index (χ0v) is 8.00. The van der Waals surface area contributed by atoms with Crippen molar-refractivity contribution in [3.05, 3.63) is 30.1 Å². The molecule has 0 bridgehead atoms. The van der Waals surface area contributed by atoms with Gasteiger partial charge in [-0.2, -0.15) is 0 Å². The second-order valence-corrected chi connectivity index (χ2v) is 3.93. The number of rotatable bonds is 1. The van der Waals surface area contributed by atoms with Gasteiger partial charge >= 0.3 is 0 Å². The first-order valence-corrected chi connectivity index (χ1v) is 5.10. The lowest BCUT2D eigenvalue weighted by Crippen LogP contribution is -2.28. The van der Waals surface area contributed by atoms with Crippen LogP contribution in [0, 0.1) is 5.82 Å². The van der Waals surface area contributed by atoms with E-state index < -0.39 is 5.44 Å². The molecule has 0 radical (unpaired) electrons. The van der Waals surface area contributed by atoms with E-state index in [-0.39, 0.29) is 11.7 Å². The SMILES string of the molecule is O=C1C(O)SCN1c1cccc(F)c1. The quantitative estimate of drug-likeness (QED) is 0.761. The molecule has 1 unspecified atom stereocenters. The van der Waals surface area contributed by atoms with Gasteiger partial charge in [0.1, 0.15) is 5.82 Å². The summed E-state index contributed by atoms with van der Waals surface area (Å²) in [6, 6.07) is 5.76. The molecule has 0 aliphatic carbocycles. The van der Waals surface area contributed by atoms with Gasteiger partial charge in [-0.3, -0.25) is 9.69 Å². The molecule has 74 valence electrons. The minimum atomic E-state index is -1.02. The van der Waals surface area contributed by atoms with Crippen LogP contribution in [0.3, 0.4) is 0 Å². The maximum Gasteiger partial charge on any atom is 0.267 e. The second-order valence-electron chi connectivity index (χ2n) is 2.89. The molecule has 0 aromatic heterocycles. The monoisotopic (exact) mass is 213 g/mol. The van der Waals surface area contributed by atoms with Gasteiger partial charge in [-0.05, 0) is 18.2 Å². The van der Waals surface area contributed by atoms with Gasteiger partial charge in [0.25, 0.3) is 5.91 Å². The van der Waals surface area contributed by atoms with Gasteiger partial charge in [0.2, 0.25) is 0 Å². The maximum absolute atomic E-state index is 12.8. The van der Waals surface area contributed by atoms with Crippen molar-refractivity contribution in [3.63, 3.8) is 0 Å². The van der Waals surface area contributed by atoms with Gasteiger partial charge in [-0.1, -0.05) is 17.8 Å². The van der Waals surface area contributed by atoms with Gasteiger partial charge in [0.05, 0.1) is 5.88 Å². The van der Waals surface area contributed by atoms with Gasteiger partial charge in [0, 0.05) is 5.69 Å². The maximum atomic E-state index is 12.8. The lowest BCUT2D eigenvalue weighted by Gasteiger charge is -2.14. The first kappa shape index (κ1) is 9.48. The molecule has 2 rings (SSSR count). The Morgan fingerprint density at radius 3 is 2.93 bits per heavy atom. The van der Waals surface area contributed by atoms with Crippen molar-refractivity contribution < 1.29 is 14.3 Å². The Balaban J connectivity index is 2.28. The molecule has 14 heavy (non-hydrogen) atoms. The van der Waals surface area contributed by atoms with Crippen molar-refractivity contribution in [2.75, 3.05) is 10.8 Å². The van der Waals surface area contributed by atoms with E-state index in [1.54, 1.807) is 6.07 Å². The van der Waals surface area contributed by atoms with Crippen molar-refractivity contribution in [2.45, 2.75) is 5.44 Å². The number of thioether (sulfide) groups is 1. The van der Waals surface area contributed by atoms with E-state index in [4.69, 9.17) is 0 Å². The number of halogens is 1. The van der Waals surface area contributed by atoms with E-state index in [0.717, 1.165) is 11.8 Å². The number of hydrogen-bond acceptors (Lipinski definition) is 3. The Labute approximate surface area is 84.5 Å². The molecule has 1 atom stereocenters. The van der Waals surface area contributed by atoms with Crippen LogP contribution in [0.1, 0.15) is 0 Å². The summed E-state index contributed by atoms with van der Waals surface area (Å²) in [5.41, 5.74) is -0.530. The van der Waals surface area contributed by atoms with Crippen LogP contribution in [-0.2, 0) is 4.79 Å². The first-order chi connectivity index (χ1) is 6.68. The molecule has 1 N–H and O–H groups in total. The minimum Gasteiger partial charge on any atom is -0.373 e. The summed E-state index contributed by atoms with van der Waals surface area (Å²) < 4.78 is 12.8. The molecule has 1 aromatic rings. The van der Waals surface area contributed by atoms with Gasteiger partial charge in [0.15, 0.2) is 5.44 Å². The zero-order chi connectivity index (χ0) is 10.1. The Morgan fingerprint density at radius 2 is 2.36 bits per heavy atom. The van der Waals surface area contributed by atoms with Gasteiger partial charge in [-0.15, -0.1) is 0 Å². The number of carbonyl (C=O) groups is 1. The number of carbonyl (C=O) groups excluding carboxylic acids is 1. The summed E-state index contributed by atoms with van der Waals surface area (Å²) in [6.45, 7) is 0. The van der Waals surface area contributed by atoms with E-state index in [2.05, 4.69) is 0 Å². The molecule has 1 fully saturated rings. The Bertz CT molecular complexity index is 372. The highest BCUT2D eigenvalue weighted by Crippen LogP contribution is 2.27. The van der Waals surface area contributed by atoms with Crippen LogP contribution in [-0.4, -0.2) is 22.3 Å². The summed E-state index contributed by atoms with van der Waals surface area (Å²) in [4.78, 5) is 12.7. The standard InChI is InChI=1S/C9H8FNO2S/c10-6-2-1-3-7(4-6)11-5-14-9(13)8(11)12/h1-4,9,13H,5H2. The van der Waals surface area contributed by atoms with Crippen LogP contribution in [0.25, 0.3) is 0 Å². The molecule has 1 amide bonds. The van der Waals surface area contributed by atoms with E-state index in [9.17, 15) is 14.3 Å². The molecule has 1 heterocycles. The third-order valence-corrected chi connectivity index (χ3v) is 2.88. The molecule has 3 nitrogen and oxygen atoms in total. The van der Waals surface area contributed by atoms with E-state index in [1.807, 2.05) is 0 Å². The molecule has 1 aliphatic heterocycles. The first-order valence-electron chi connectivity index (χ1n) is 4.05. The average molecular weight is 213 g/mol. The molecule has 0 saturated carbocycles. The smallest absolute Gasteiger partial charge is 0.267 e. The predicted octanol–water partition coefficient (Wildman–Crippen LogP) is 1.18. The van der Waals surface area contributed by atoms with Crippen LogP contribution >= 0.6 is 11.8 Å². The zero-order valence-electron chi connectivity index (χ0n) is 7.18. The fourth-order valence-electron chi connectivity index (χ4n) is 1.26. The van der Waals surface area contributed by atoms with E-state index in [0.29, 0.717) is 11.6 Å². The Hall–Kier alpha value is -1.07. The Morgan fingerprint density at radius 1 is 1.57 bits per heavy atom. The van der Waals surface area contributed by atoms with Crippen molar-refractivity contribution in [2.24, 2.45) is 0 Å². The minimum absolute atomic E-state index is 0.365. The number of amides is 1. The number of nitrogens with zero attached hydrogens (tertiary/aromatic N) is 1. The molecular weight excluding hydrogens is 205 g/mol. The Kier molecular flexibility index (Phi) is 2.43. The molecule has 0 spiro atoms. The van der Waals surface area contributed by atoms with Crippen LogP contribution in [0.5, 0.6) is 0 Å². The van der Waals surface area contributed by atoms with Crippen molar-refractivity contribution in [1.29, 1.82) is 0 Å². The van der Waals surface area contributed by atoms with Crippen LogP contribution in [0.2, 0.25) is 0 Å². The summed E-state index contributed by atoms with van der Waals surface area (Å²) >= 11 is 1.12. The number of anilines is 1. The number of hydrogen-bond donors (Lipinski definition) is 1. The number of benzene rings is 1. The highest BCUT2D eigenvalue weighted by Gasteiger charge is 2.31. The largest absolute Gasteiger partial charge is 0.373 e. The fraction of sp³-hybridized carbons (Fsp3) is 0.222. The third-order valence-electron chi connectivity index (χ3n) is 1.96. The van der Waals surface area contributed by atoms with Crippen molar-refractivity contribution >= 4 is 23.4 Å². The molecule has 5 heteroatoms. The normalized spacial score (nSPS) is 21.7. The topological polar surface area (TPSA) is 40.5 Å². The number of aliphatic hydroxyl groups excluding tert-OH is 1. The van der Waals surface area contributed by atoms with Crippen molar-refractivity contribution in [1.82, 2.24) is 0 Å². The van der Waals surface area contributed by atoms with Gasteiger partial charge in [-0.25, -0.2) is 4.39 Å². The number of aliphatic hydroxyl groups is 1. The lowest BCUT2D eigenvalue weighted by molar-refractivity contribution is -0.121. The fourth-order valence-corrected chi connectivity index (χ4v) is 2.10. The van der Waals surface area contributed by atoms with Crippen LogP contribution in [0.15, 0.2) is 24.3 Å². The summed E-state index contributed by atoms with van der Waals surface area (Å²) in [5.74, 6) is -0.411. The predicted molar refractivity (Wildman–Crippen MR) is 52.4 cm³/mol. The molecule has 1 aromatic carbocycles. The highest BCUT2D eigenvalue weighted by molar-refractivity contribution is 8.01. The highest BCUT2D eigenvalue weighted by atomic mass is 32.2. The van der Waals surface area contributed by atoms with Gasteiger partial charge < -0.3 is 5.11 Å². The van der Waals surface area contributed by atoms with E-state index >= 15 is 0 Å².